The molecule has 0 radical (unpaired) electrons. The summed E-state index contributed by atoms with van der Waals surface area (Å²) >= 11 is 1.94. The van der Waals surface area contributed by atoms with Gasteiger partial charge in [0.1, 0.15) is 5.82 Å². The standard InChI is InChI=1S/C18H28FN3OS/c1-3-20-18(22-15-5-4-6-16(11-15)24-2)21-12-17(23)13-7-9-14(19)10-8-13/h7-10,15-17,23H,3-6,11-12H2,1-2H3,(H2,20,21,22). The van der Waals surface area contributed by atoms with Crippen LogP contribution in [0.4, 0.5) is 4.39 Å². The van der Waals surface area contributed by atoms with Crippen molar-refractivity contribution in [2.24, 2.45) is 4.99 Å². The van der Waals surface area contributed by atoms with E-state index in [2.05, 4.69) is 21.9 Å². The lowest BCUT2D eigenvalue weighted by Crippen LogP contribution is -2.45. The van der Waals surface area contributed by atoms with Crippen LogP contribution in [0.3, 0.4) is 0 Å². The number of thioether (sulfide) groups is 1. The van der Waals surface area contributed by atoms with E-state index in [0.29, 0.717) is 16.9 Å². The number of hydrogen-bond donors (Lipinski definition) is 3. The van der Waals surface area contributed by atoms with E-state index in [1.165, 1.54) is 25.0 Å². The lowest BCUT2D eigenvalue weighted by molar-refractivity contribution is 0.187. The summed E-state index contributed by atoms with van der Waals surface area (Å²) in [6, 6.07) is 6.34. The second-order valence-electron chi connectivity index (χ2n) is 6.15. The lowest BCUT2D eigenvalue weighted by Gasteiger charge is -2.30. The molecule has 0 amide bonds. The van der Waals surface area contributed by atoms with Crippen molar-refractivity contribution in [2.45, 2.75) is 50.0 Å². The van der Waals surface area contributed by atoms with Crippen LogP contribution >= 0.6 is 11.8 Å². The van der Waals surface area contributed by atoms with Gasteiger partial charge in [0.05, 0.1) is 12.6 Å². The lowest BCUT2D eigenvalue weighted by atomic mass is 9.95. The molecule has 2 rings (SSSR count). The van der Waals surface area contributed by atoms with Gasteiger partial charge in [-0.15, -0.1) is 0 Å². The van der Waals surface area contributed by atoms with E-state index in [1.807, 2.05) is 18.7 Å². The van der Waals surface area contributed by atoms with E-state index in [0.717, 1.165) is 25.3 Å². The van der Waals surface area contributed by atoms with Gasteiger partial charge >= 0.3 is 0 Å². The molecule has 1 aliphatic carbocycles. The molecule has 134 valence electrons. The Morgan fingerprint density at radius 2 is 2.12 bits per heavy atom. The van der Waals surface area contributed by atoms with E-state index in [1.54, 1.807) is 12.1 Å². The number of nitrogens with one attached hydrogen (secondary N) is 2. The van der Waals surface area contributed by atoms with Crippen LogP contribution in [0.15, 0.2) is 29.3 Å². The fourth-order valence-electron chi connectivity index (χ4n) is 2.97. The number of rotatable bonds is 6. The molecular weight excluding hydrogens is 325 g/mol. The van der Waals surface area contributed by atoms with Gasteiger partial charge < -0.3 is 15.7 Å². The third kappa shape index (κ3) is 5.98. The minimum atomic E-state index is -0.730. The van der Waals surface area contributed by atoms with Gasteiger partial charge in [-0.2, -0.15) is 11.8 Å². The minimum Gasteiger partial charge on any atom is -0.386 e. The molecule has 3 N–H and O–H groups in total. The van der Waals surface area contributed by atoms with Gasteiger partial charge in [0, 0.05) is 17.8 Å². The largest absolute Gasteiger partial charge is 0.386 e. The molecule has 0 aliphatic heterocycles. The van der Waals surface area contributed by atoms with Gasteiger partial charge in [0.25, 0.3) is 0 Å². The molecule has 0 heterocycles. The molecule has 3 unspecified atom stereocenters. The molecule has 4 nitrogen and oxygen atoms in total. The zero-order valence-corrected chi connectivity index (χ0v) is 15.3. The van der Waals surface area contributed by atoms with Gasteiger partial charge in [-0.05, 0) is 50.1 Å². The van der Waals surface area contributed by atoms with Crippen molar-refractivity contribution in [3.63, 3.8) is 0 Å². The Balaban J connectivity index is 1.93. The first-order valence-electron chi connectivity index (χ1n) is 8.63. The Hall–Kier alpha value is -1.27. The Bertz CT molecular complexity index is 524. The number of aliphatic imine (C=N–C) groups is 1. The zero-order chi connectivity index (χ0) is 17.4. The summed E-state index contributed by atoms with van der Waals surface area (Å²) in [5.74, 6) is 0.440. The molecule has 3 atom stereocenters. The van der Waals surface area contributed by atoms with Crippen molar-refractivity contribution >= 4 is 17.7 Å². The molecule has 1 fully saturated rings. The molecule has 1 aromatic rings. The highest BCUT2D eigenvalue weighted by Crippen LogP contribution is 2.26. The van der Waals surface area contributed by atoms with Crippen LogP contribution < -0.4 is 10.6 Å². The normalized spacial score (nSPS) is 22.9. The number of aliphatic hydroxyl groups excluding tert-OH is 1. The number of nitrogens with zero attached hydrogens (tertiary/aromatic N) is 1. The summed E-state index contributed by atoms with van der Waals surface area (Å²) < 4.78 is 13.0. The van der Waals surface area contributed by atoms with Crippen LogP contribution in [0.2, 0.25) is 0 Å². The van der Waals surface area contributed by atoms with E-state index in [9.17, 15) is 9.50 Å². The van der Waals surface area contributed by atoms with Gasteiger partial charge in [-0.3, -0.25) is 4.99 Å². The predicted octanol–water partition coefficient (Wildman–Crippen LogP) is 3.09. The Kier molecular flexibility index (Phi) is 7.85. The Morgan fingerprint density at radius 3 is 2.79 bits per heavy atom. The van der Waals surface area contributed by atoms with Crippen LogP contribution in [-0.2, 0) is 0 Å². The fraction of sp³-hybridized carbons (Fsp3) is 0.611. The Labute approximate surface area is 148 Å². The number of guanidine groups is 1. The first-order chi connectivity index (χ1) is 11.6. The van der Waals surface area contributed by atoms with Gasteiger partial charge in [-0.25, -0.2) is 4.39 Å². The molecule has 0 saturated heterocycles. The highest BCUT2D eigenvalue weighted by molar-refractivity contribution is 7.99. The van der Waals surface area contributed by atoms with Crippen molar-refractivity contribution in [1.29, 1.82) is 0 Å². The molecule has 6 heteroatoms. The van der Waals surface area contributed by atoms with Gasteiger partial charge in [0.2, 0.25) is 0 Å². The third-order valence-corrected chi connectivity index (χ3v) is 5.42. The van der Waals surface area contributed by atoms with Gasteiger partial charge in [0.15, 0.2) is 5.96 Å². The van der Waals surface area contributed by atoms with Gasteiger partial charge in [-0.1, -0.05) is 18.6 Å². The summed E-state index contributed by atoms with van der Waals surface area (Å²) in [6.45, 7) is 3.05. The molecule has 1 aromatic carbocycles. The molecule has 24 heavy (non-hydrogen) atoms. The number of benzene rings is 1. The Morgan fingerprint density at radius 1 is 1.38 bits per heavy atom. The average molecular weight is 354 g/mol. The molecule has 0 bridgehead atoms. The second kappa shape index (κ2) is 9.89. The summed E-state index contributed by atoms with van der Waals surface area (Å²) in [7, 11) is 0. The average Bonchev–Trinajstić information content (AvgIpc) is 2.60. The molecule has 0 spiro atoms. The number of halogens is 1. The third-order valence-electron chi connectivity index (χ3n) is 4.32. The van der Waals surface area contributed by atoms with Crippen molar-refractivity contribution in [3.8, 4) is 0 Å². The zero-order valence-electron chi connectivity index (χ0n) is 14.5. The smallest absolute Gasteiger partial charge is 0.191 e. The summed E-state index contributed by atoms with van der Waals surface area (Å²) in [5, 5.41) is 17.7. The van der Waals surface area contributed by atoms with Crippen LogP contribution in [0.25, 0.3) is 0 Å². The van der Waals surface area contributed by atoms with Crippen LogP contribution in [0, 0.1) is 5.82 Å². The van der Waals surface area contributed by atoms with Crippen LogP contribution in [0.5, 0.6) is 0 Å². The molecule has 1 aliphatic rings. The predicted molar refractivity (Wildman–Crippen MR) is 100 cm³/mol. The number of hydrogen-bond acceptors (Lipinski definition) is 3. The minimum absolute atomic E-state index is 0.250. The van der Waals surface area contributed by atoms with E-state index < -0.39 is 6.10 Å². The maximum Gasteiger partial charge on any atom is 0.191 e. The van der Waals surface area contributed by atoms with E-state index in [-0.39, 0.29) is 12.4 Å². The monoisotopic (exact) mass is 353 g/mol. The van der Waals surface area contributed by atoms with Crippen LogP contribution in [0.1, 0.15) is 44.3 Å². The first kappa shape index (κ1) is 19.1. The van der Waals surface area contributed by atoms with Crippen molar-refractivity contribution in [2.75, 3.05) is 19.3 Å². The quantitative estimate of drug-likeness (QED) is 0.543. The molecule has 1 saturated carbocycles. The SMILES string of the molecule is CCNC(=NCC(O)c1ccc(F)cc1)NC1CCCC(SC)C1. The first-order valence-corrected chi connectivity index (χ1v) is 9.92. The molecule has 0 aromatic heterocycles. The highest BCUT2D eigenvalue weighted by atomic mass is 32.2. The highest BCUT2D eigenvalue weighted by Gasteiger charge is 2.22. The maximum absolute atomic E-state index is 13.0. The van der Waals surface area contributed by atoms with Crippen molar-refractivity contribution < 1.29 is 9.50 Å². The van der Waals surface area contributed by atoms with E-state index in [4.69, 9.17) is 0 Å². The number of aliphatic hydroxyl groups is 1. The van der Waals surface area contributed by atoms with Crippen molar-refractivity contribution in [3.05, 3.63) is 35.6 Å². The fourth-order valence-corrected chi connectivity index (χ4v) is 3.80. The van der Waals surface area contributed by atoms with Crippen molar-refractivity contribution in [1.82, 2.24) is 10.6 Å². The topological polar surface area (TPSA) is 56.7 Å². The maximum atomic E-state index is 13.0. The molecular formula is C18H28FN3OS. The van der Waals surface area contributed by atoms with E-state index >= 15 is 0 Å². The summed E-state index contributed by atoms with van der Waals surface area (Å²) in [4.78, 5) is 4.50. The second-order valence-corrected chi connectivity index (χ2v) is 7.29. The van der Waals surface area contributed by atoms with Crippen LogP contribution in [-0.4, -0.2) is 41.7 Å². The summed E-state index contributed by atoms with van der Waals surface area (Å²) in [5.41, 5.74) is 0.677. The summed E-state index contributed by atoms with van der Waals surface area (Å²) in [6.07, 6.45) is 6.27.